The van der Waals surface area contributed by atoms with E-state index in [4.69, 9.17) is 15.7 Å². The lowest BCUT2D eigenvalue weighted by Gasteiger charge is -2.10. The van der Waals surface area contributed by atoms with Gasteiger partial charge in [-0.15, -0.1) is 0 Å². The molecule has 0 fully saturated rings. The van der Waals surface area contributed by atoms with Gasteiger partial charge >= 0.3 is 0 Å². The number of nitrogens with zero attached hydrogens (tertiary/aromatic N) is 2. The zero-order chi connectivity index (χ0) is 14.5. The molecule has 1 aromatic carbocycles. The van der Waals surface area contributed by atoms with Crippen LogP contribution in [0.2, 0.25) is 0 Å². The molecule has 104 valence electrons. The Hall–Kier alpha value is -2.41. The molecule has 0 aliphatic rings. The minimum absolute atomic E-state index is 0.558. The van der Waals surface area contributed by atoms with E-state index in [0.29, 0.717) is 18.0 Å². The first kappa shape index (κ1) is 14.0. The van der Waals surface area contributed by atoms with Crippen molar-refractivity contribution in [2.24, 2.45) is 0 Å². The van der Waals surface area contributed by atoms with Crippen molar-refractivity contribution in [1.29, 1.82) is 5.26 Å². The van der Waals surface area contributed by atoms with E-state index in [2.05, 4.69) is 6.07 Å². The van der Waals surface area contributed by atoms with E-state index in [1.54, 1.807) is 0 Å². The Bertz CT molecular complexity index is 623. The highest BCUT2D eigenvalue weighted by molar-refractivity contribution is 5.57. The Morgan fingerprint density at radius 2 is 1.95 bits per heavy atom. The van der Waals surface area contributed by atoms with E-state index in [0.717, 1.165) is 30.0 Å². The van der Waals surface area contributed by atoms with Gasteiger partial charge < -0.3 is 15.0 Å². The van der Waals surface area contributed by atoms with Gasteiger partial charge in [0.05, 0.1) is 12.2 Å². The molecule has 1 aromatic heterocycles. The molecular formula is C16H19N3O. The normalized spacial score (nSPS) is 10.2. The van der Waals surface area contributed by atoms with Crippen LogP contribution in [0.25, 0.3) is 0 Å². The standard InChI is InChI=1S/C16H19N3O/c1-12-13(2)19(16(18)15(12)11-17)9-6-10-20-14-7-4-3-5-8-14/h3-5,7-8H,6,9-10,18H2,1-2H3. The molecule has 0 saturated carbocycles. The summed E-state index contributed by atoms with van der Waals surface area (Å²) in [6.45, 7) is 5.31. The van der Waals surface area contributed by atoms with Crippen molar-refractivity contribution < 1.29 is 4.74 Å². The van der Waals surface area contributed by atoms with E-state index in [-0.39, 0.29) is 0 Å². The average molecular weight is 269 g/mol. The predicted molar refractivity (Wildman–Crippen MR) is 79.6 cm³/mol. The Kier molecular flexibility index (Phi) is 4.31. The fourth-order valence-corrected chi connectivity index (χ4v) is 2.25. The van der Waals surface area contributed by atoms with Gasteiger partial charge in [-0.05, 0) is 38.0 Å². The zero-order valence-corrected chi connectivity index (χ0v) is 11.9. The molecule has 2 aromatic rings. The maximum absolute atomic E-state index is 9.09. The second-order valence-corrected chi connectivity index (χ2v) is 4.75. The quantitative estimate of drug-likeness (QED) is 0.848. The molecule has 0 radical (unpaired) electrons. The number of nitriles is 1. The van der Waals surface area contributed by atoms with Crippen molar-refractivity contribution in [3.05, 3.63) is 47.2 Å². The number of nitrogens with two attached hydrogens (primary N) is 1. The minimum atomic E-state index is 0.558. The van der Waals surface area contributed by atoms with Gasteiger partial charge in [0.1, 0.15) is 17.6 Å². The topological polar surface area (TPSA) is 64.0 Å². The number of ether oxygens (including phenoxy) is 1. The molecule has 0 saturated heterocycles. The molecule has 20 heavy (non-hydrogen) atoms. The second kappa shape index (κ2) is 6.16. The zero-order valence-electron chi connectivity index (χ0n) is 11.9. The fraction of sp³-hybridized carbons (Fsp3) is 0.312. The Labute approximate surface area is 119 Å². The average Bonchev–Trinajstić information content (AvgIpc) is 2.67. The molecule has 0 spiro atoms. The van der Waals surface area contributed by atoms with E-state index in [1.807, 2.05) is 48.7 Å². The number of benzene rings is 1. The number of nitrogen functional groups attached to an aromatic ring is 1. The van der Waals surface area contributed by atoms with Crippen molar-refractivity contribution >= 4 is 5.82 Å². The third-order valence-corrected chi connectivity index (χ3v) is 3.52. The molecule has 0 aliphatic carbocycles. The lowest BCUT2D eigenvalue weighted by atomic mass is 10.2. The number of anilines is 1. The highest BCUT2D eigenvalue weighted by Gasteiger charge is 2.14. The van der Waals surface area contributed by atoms with Gasteiger partial charge in [-0.1, -0.05) is 18.2 Å². The monoisotopic (exact) mass is 269 g/mol. The molecule has 0 bridgehead atoms. The van der Waals surface area contributed by atoms with Crippen molar-refractivity contribution in [3.8, 4) is 11.8 Å². The van der Waals surface area contributed by atoms with E-state index >= 15 is 0 Å². The maximum atomic E-state index is 9.09. The van der Waals surface area contributed by atoms with Crippen LogP contribution in [-0.4, -0.2) is 11.2 Å². The van der Waals surface area contributed by atoms with Gasteiger partial charge in [0.2, 0.25) is 0 Å². The van der Waals surface area contributed by atoms with Crippen LogP contribution >= 0.6 is 0 Å². The van der Waals surface area contributed by atoms with Crippen LogP contribution in [0.5, 0.6) is 5.75 Å². The van der Waals surface area contributed by atoms with Gasteiger partial charge in [-0.25, -0.2) is 0 Å². The molecule has 4 heteroatoms. The Balaban J connectivity index is 1.94. The van der Waals surface area contributed by atoms with Gasteiger partial charge in [-0.2, -0.15) is 5.26 Å². The van der Waals surface area contributed by atoms with Gasteiger partial charge in [0.25, 0.3) is 0 Å². The second-order valence-electron chi connectivity index (χ2n) is 4.75. The van der Waals surface area contributed by atoms with E-state index in [1.165, 1.54) is 0 Å². The first-order chi connectivity index (χ1) is 9.65. The molecule has 4 nitrogen and oxygen atoms in total. The van der Waals surface area contributed by atoms with Crippen LogP contribution in [0.4, 0.5) is 5.82 Å². The molecule has 2 rings (SSSR count). The first-order valence-electron chi connectivity index (χ1n) is 6.68. The number of aromatic nitrogens is 1. The smallest absolute Gasteiger partial charge is 0.122 e. The van der Waals surface area contributed by atoms with Crippen molar-refractivity contribution in [2.75, 3.05) is 12.3 Å². The summed E-state index contributed by atoms with van der Waals surface area (Å²) >= 11 is 0. The van der Waals surface area contributed by atoms with Gasteiger partial charge in [0.15, 0.2) is 0 Å². The number of rotatable bonds is 5. The number of para-hydroxylation sites is 1. The largest absolute Gasteiger partial charge is 0.494 e. The fourth-order valence-electron chi connectivity index (χ4n) is 2.25. The van der Waals surface area contributed by atoms with Crippen LogP contribution < -0.4 is 10.5 Å². The molecule has 1 heterocycles. The third kappa shape index (κ3) is 2.77. The van der Waals surface area contributed by atoms with Crippen LogP contribution in [0.3, 0.4) is 0 Å². The van der Waals surface area contributed by atoms with Gasteiger partial charge in [0, 0.05) is 12.2 Å². The third-order valence-electron chi connectivity index (χ3n) is 3.52. The Morgan fingerprint density at radius 1 is 1.25 bits per heavy atom. The maximum Gasteiger partial charge on any atom is 0.122 e. The summed E-state index contributed by atoms with van der Waals surface area (Å²) in [7, 11) is 0. The lowest BCUT2D eigenvalue weighted by Crippen LogP contribution is -2.08. The highest BCUT2D eigenvalue weighted by atomic mass is 16.5. The molecule has 0 aliphatic heterocycles. The summed E-state index contributed by atoms with van der Waals surface area (Å²) in [4.78, 5) is 0. The highest BCUT2D eigenvalue weighted by Crippen LogP contribution is 2.23. The molecular weight excluding hydrogens is 250 g/mol. The summed E-state index contributed by atoms with van der Waals surface area (Å²) in [6, 6.07) is 11.9. The molecule has 0 unspecified atom stereocenters. The van der Waals surface area contributed by atoms with Crippen LogP contribution in [-0.2, 0) is 6.54 Å². The van der Waals surface area contributed by atoms with Crippen LogP contribution in [0.15, 0.2) is 30.3 Å². The van der Waals surface area contributed by atoms with Crippen molar-refractivity contribution in [3.63, 3.8) is 0 Å². The molecule has 0 amide bonds. The molecule has 2 N–H and O–H groups in total. The predicted octanol–water partition coefficient (Wildman–Crippen LogP) is 3.03. The van der Waals surface area contributed by atoms with Gasteiger partial charge in [-0.3, -0.25) is 0 Å². The Morgan fingerprint density at radius 3 is 2.55 bits per heavy atom. The van der Waals surface area contributed by atoms with E-state index in [9.17, 15) is 0 Å². The van der Waals surface area contributed by atoms with Crippen molar-refractivity contribution in [1.82, 2.24) is 4.57 Å². The molecule has 0 atom stereocenters. The number of hydrogen-bond donors (Lipinski definition) is 1. The first-order valence-corrected chi connectivity index (χ1v) is 6.68. The summed E-state index contributed by atoms with van der Waals surface area (Å²) < 4.78 is 7.64. The summed E-state index contributed by atoms with van der Waals surface area (Å²) in [6.07, 6.45) is 0.846. The van der Waals surface area contributed by atoms with Crippen LogP contribution in [0, 0.1) is 25.2 Å². The summed E-state index contributed by atoms with van der Waals surface area (Å²) in [5.41, 5.74) is 8.62. The summed E-state index contributed by atoms with van der Waals surface area (Å²) in [5, 5.41) is 9.09. The van der Waals surface area contributed by atoms with Crippen LogP contribution in [0.1, 0.15) is 23.2 Å². The summed E-state index contributed by atoms with van der Waals surface area (Å²) in [5.74, 6) is 1.43. The number of hydrogen-bond acceptors (Lipinski definition) is 3. The minimum Gasteiger partial charge on any atom is -0.494 e. The van der Waals surface area contributed by atoms with E-state index < -0.39 is 0 Å². The SMILES string of the molecule is Cc1c(C#N)c(N)n(CCCOc2ccccc2)c1C. The van der Waals surface area contributed by atoms with Crippen molar-refractivity contribution in [2.45, 2.75) is 26.8 Å². The lowest BCUT2D eigenvalue weighted by molar-refractivity contribution is 0.302.